The zero-order valence-electron chi connectivity index (χ0n) is 15.0. The highest BCUT2D eigenvalue weighted by molar-refractivity contribution is 8.68. The highest BCUT2D eigenvalue weighted by Gasteiger charge is 2.30. The lowest BCUT2D eigenvalue weighted by atomic mass is 10.1. The van der Waals surface area contributed by atoms with E-state index in [2.05, 4.69) is 17.0 Å². The monoisotopic (exact) mass is 399 g/mol. The Labute approximate surface area is 154 Å². The minimum absolute atomic E-state index is 0.0609. The maximum atomic E-state index is 12.4. The van der Waals surface area contributed by atoms with Gasteiger partial charge in [-0.25, -0.2) is 0 Å². The number of carbonyl (C=O) groups is 2. The van der Waals surface area contributed by atoms with Gasteiger partial charge in [-0.1, -0.05) is 50.4 Å². The van der Waals surface area contributed by atoms with Crippen molar-refractivity contribution in [2.45, 2.75) is 57.1 Å². The molecule has 1 N–H and O–H groups in total. The Bertz CT molecular complexity index is 415. The fourth-order valence-corrected chi connectivity index (χ4v) is 5.88. The van der Waals surface area contributed by atoms with Crippen LogP contribution in [0.1, 0.15) is 51.9 Å². The lowest BCUT2D eigenvalue weighted by Gasteiger charge is -2.22. The lowest BCUT2D eigenvalue weighted by Crippen LogP contribution is -2.35. The van der Waals surface area contributed by atoms with Gasteiger partial charge in [-0.15, -0.1) is 0 Å². The van der Waals surface area contributed by atoms with Crippen molar-refractivity contribution in [3.8, 4) is 0 Å². The molecule has 6 nitrogen and oxygen atoms in total. The lowest BCUT2D eigenvalue weighted by molar-refractivity contribution is -0.141. The number of esters is 1. The van der Waals surface area contributed by atoms with Crippen molar-refractivity contribution in [1.29, 1.82) is 0 Å². The molecule has 0 rings (SSSR count). The summed E-state index contributed by atoms with van der Waals surface area (Å²) in [5, 5.41) is 2.19. The van der Waals surface area contributed by atoms with Gasteiger partial charge in [-0.2, -0.15) is 0 Å². The Morgan fingerprint density at radius 2 is 1.67 bits per heavy atom. The van der Waals surface area contributed by atoms with Gasteiger partial charge in [-0.3, -0.25) is 9.59 Å². The van der Waals surface area contributed by atoms with E-state index in [0.29, 0.717) is 6.54 Å². The molecule has 0 aliphatic carbocycles. The van der Waals surface area contributed by atoms with Gasteiger partial charge in [0, 0.05) is 20.8 Å². The molecule has 0 aromatic heterocycles. The van der Waals surface area contributed by atoms with Gasteiger partial charge < -0.3 is 19.1 Å². The van der Waals surface area contributed by atoms with Crippen molar-refractivity contribution in [1.82, 2.24) is 5.32 Å². The third-order valence-electron chi connectivity index (χ3n) is 3.41. The number of hydrogen-bond donors (Lipinski definition) is 1. The number of ether oxygens (including phenoxy) is 1. The molecule has 9 heteroatoms. The summed E-state index contributed by atoms with van der Waals surface area (Å²) in [5.41, 5.74) is -2.63. The molecule has 0 aliphatic rings. The first kappa shape index (κ1) is 23.9. The van der Waals surface area contributed by atoms with E-state index in [1.54, 1.807) is 0 Å². The van der Waals surface area contributed by atoms with Gasteiger partial charge in [0.05, 0.1) is 13.5 Å². The molecule has 24 heavy (non-hydrogen) atoms. The van der Waals surface area contributed by atoms with Crippen molar-refractivity contribution < 1.29 is 23.4 Å². The van der Waals surface area contributed by atoms with Gasteiger partial charge in [0.2, 0.25) is 11.6 Å². The summed E-state index contributed by atoms with van der Waals surface area (Å²) >= 11 is 6.37. The number of unbranched alkanes of at least 4 members (excludes halogenated alkanes) is 5. The molecule has 0 aromatic carbocycles. The normalized spacial score (nSPS) is 12.7. The molecule has 0 fully saturated rings. The topological polar surface area (TPSA) is 73.9 Å². The van der Waals surface area contributed by atoms with Crippen molar-refractivity contribution >= 4 is 40.8 Å². The molecule has 1 unspecified atom stereocenters. The SMILES string of the molecule is CCCCCCCCNC(=O)C(CC(=O)OC)SP(=S)(OC)OC. The van der Waals surface area contributed by atoms with E-state index >= 15 is 0 Å². The van der Waals surface area contributed by atoms with Crippen LogP contribution in [-0.2, 0) is 35.2 Å². The molecule has 0 saturated carbocycles. The predicted octanol–water partition coefficient (Wildman–Crippen LogP) is 3.65. The molecule has 0 radical (unpaired) electrons. The van der Waals surface area contributed by atoms with Crippen LogP contribution in [0.25, 0.3) is 0 Å². The fraction of sp³-hybridized carbons (Fsp3) is 0.867. The van der Waals surface area contributed by atoms with E-state index < -0.39 is 16.9 Å². The first-order chi connectivity index (χ1) is 11.4. The molecule has 142 valence electrons. The smallest absolute Gasteiger partial charge is 0.307 e. The van der Waals surface area contributed by atoms with Crippen molar-refractivity contribution in [3.05, 3.63) is 0 Å². The summed E-state index contributed by atoms with van der Waals surface area (Å²) in [6.07, 6.45) is 6.83. The summed E-state index contributed by atoms with van der Waals surface area (Å²) in [6, 6.07) is 0. The standard InChI is InChI=1S/C15H30NO5PS2/c1-5-6-7-8-9-10-11-16-15(18)13(12-14(17)19-2)24-22(23,20-3)21-4/h13H,5-12H2,1-4H3,(H,16,18). The number of methoxy groups -OCH3 is 1. The van der Waals surface area contributed by atoms with Crippen molar-refractivity contribution in [2.24, 2.45) is 0 Å². The number of hydrogen-bond acceptors (Lipinski definition) is 7. The van der Waals surface area contributed by atoms with Gasteiger partial charge in [0.1, 0.15) is 5.25 Å². The molecular weight excluding hydrogens is 369 g/mol. The van der Waals surface area contributed by atoms with Crippen LogP contribution < -0.4 is 5.32 Å². The van der Waals surface area contributed by atoms with Gasteiger partial charge in [0.15, 0.2) is 0 Å². The van der Waals surface area contributed by atoms with Crippen LogP contribution in [0.2, 0.25) is 0 Å². The van der Waals surface area contributed by atoms with Gasteiger partial charge in [0.25, 0.3) is 0 Å². The van der Waals surface area contributed by atoms with Crippen LogP contribution >= 0.6 is 17.1 Å². The van der Waals surface area contributed by atoms with Crippen LogP contribution in [0.3, 0.4) is 0 Å². The van der Waals surface area contributed by atoms with E-state index in [4.69, 9.17) is 20.9 Å². The highest BCUT2D eigenvalue weighted by Crippen LogP contribution is 2.61. The number of rotatable bonds is 14. The Balaban J connectivity index is 4.42. The largest absolute Gasteiger partial charge is 0.469 e. The highest BCUT2D eigenvalue weighted by atomic mass is 32.9. The summed E-state index contributed by atoms with van der Waals surface area (Å²) in [6.45, 7) is 2.77. The van der Waals surface area contributed by atoms with Crippen LogP contribution in [0.15, 0.2) is 0 Å². The molecule has 1 amide bonds. The first-order valence-electron chi connectivity index (χ1n) is 8.16. The molecule has 0 heterocycles. The quantitative estimate of drug-likeness (QED) is 0.271. The second-order valence-electron chi connectivity index (χ2n) is 5.25. The van der Waals surface area contributed by atoms with E-state index in [0.717, 1.165) is 24.2 Å². The summed E-state index contributed by atoms with van der Waals surface area (Å²) < 4.78 is 15.1. The Morgan fingerprint density at radius 3 is 2.21 bits per heavy atom. The van der Waals surface area contributed by atoms with Crippen LogP contribution in [0, 0.1) is 0 Å². The van der Waals surface area contributed by atoms with Crippen LogP contribution in [-0.4, -0.2) is 45.0 Å². The second kappa shape index (κ2) is 14.1. The molecule has 0 spiro atoms. The zero-order valence-corrected chi connectivity index (χ0v) is 17.6. The average Bonchev–Trinajstić information content (AvgIpc) is 2.59. The third kappa shape index (κ3) is 10.7. The predicted molar refractivity (Wildman–Crippen MR) is 103 cm³/mol. The number of amides is 1. The third-order valence-corrected chi connectivity index (χ3v) is 9.29. The number of nitrogens with one attached hydrogen (secondary N) is 1. The minimum Gasteiger partial charge on any atom is -0.469 e. The van der Waals surface area contributed by atoms with Crippen molar-refractivity contribution in [3.63, 3.8) is 0 Å². The Hall–Kier alpha value is -0.140. The molecule has 1 atom stereocenters. The first-order valence-corrected chi connectivity index (χ1v) is 12.3. The molecule has 0 aliphatic heterocycles. The van der Waals surface area contributed by atoms with E-state index in [9.17, 15) is 9.59 Å². The minimum atomic E-state index is -2.63. The molecular formula is C15H30NO5PS2. The zero-order chi connectivity index (χ0) is 18.4. The maximum absolute atomic E-state index is 12.4. The molecule has 0 aromatic rings. The Kier molecular flexibility index (Phi) is 14.0. The molecule has 0 saturated heterocycles. The van der Waals surface area contributed by atoms with E-state index in [-0.39, 0.29) is 12.3 Å². The summed E-state index contributed by atoms with van der Waals surface area (Å²) in [4.78, 5) is 23.9. The van der Waals surface area contributed by atoms with Crippen molar-refractivity contribution in [2.75, 3.05) is 27.9 Å². The fourth-order valence-electron chi connectivity index (χ4n) is 1.96. The van der Waals surface area contributed by atoms with Crippen LogP contribution in [0.4, 0.5) is 0 Å². The average molecular weight is 400 g/mol. The van der Waals surface area contributed by atoms with Crippen LogP contribution in [0.5, 0.6) is 0 Å². The van der Waals surface area contributed by atoms with E-state index in [1.807, 2.05) is 0 Å². The number of carbonyl (C=O) groups excluding carboxylic acids is 2. The van der Waals surface area contributed by atoms with E-state index in [1.165, 1.54) is 47.0 Å². The maximum Gasteiger partial charge on any atom is 0.307 e. The Morgan fingerprint density at radius 1 is 1.08 bits per heavy atom. The van der Waals surface area contributed by atoms with Gasteiger partial charge >= 0.3 is 5.97 Å². The molecule has 0 bridgehead atoms. The second-order valence-corrected chi connectivity index (χ2v) is 11.9. The summed E-state index contributed by atoms with van der Waals surface area (Å²) in [5.74, 6) is -0.696. The summed E-state index contributed by atoms with van der Waals surface area (Å²) in [7, 11) is 4.18. The van der Waals surface area contributed by atoms with Gasteiger partial charge in [-0.05, 0) is 18.2 Å².